The highest BCUT2D eigenvalue weighted by Crippen LogP contribution is 2.39. The van der Waals surface area contributed by atoms with Crippen molar-refractivity contribution in [3.05, 3.63) is 29.3 Å². The number of carbonyl (C=O) groups excluding carboxylic acids is 2. The Labute approximate surface area is 140 Å². The summed E-state index contributed by atoms with van der Waals surface area (Å²) in [5, 5.41) is 0.711. The van der Waals surface area contributed by atoms with Gasteiger partial charge in [0.2, 0.25) is 0 Å². The van der Waals surface area contributed by atoms with Crippen molar-refractivity contribution >= 4 is 29.2 Å². The zero-order valence-corrected chi connectivity index (χ0v) is 13.9. The molecule has 122 valence electrons. The summed E-state index contributed by atoms with van der Waals surface area (Å²) in [4.78, 5) is 31.0. The molecule has 3 saturated heterocycles. The van der Waals surface area contributed by atoms with Crippen LogP contribution >= 0.6 is 11.6 Å². The van der Waals surface area contributed by atoms with Crippen LogP contribution in [0.15, 0.2) is 24.3 Å². The minimum Gasteiger partial charge on any atom is -0.369 e. The van der Waals surface area contributed by atoms with E-state index >= 15 is 0 Å². The van der Waals surface area contributed by atoms with E-state index in [9.17, 15) is 9.59 Å². The SMILES string of the molecule is C[C@]12CCCN1C(=O)N([C@H]1CCN(c3ccc(Cl)cc3)C1)C2=O. The van der Waals surface area contributed by atoms with Gasteiger partial charge in [-0.05, 0) is 50.5 Å². The Hall–Kier alpha value is -1.75. The molecule has 6 heteroatoms. The van der Waals surface area contributed by atoms with Crippen molar-refractivity contribution in [2.24, 2.45) is 0 Å². The van der Waals surface area contributed by atoms with Crippen LogP contribution in [0.25, 0.3) is 0 Å². The fraction of sp³-hybridized carbons (Fsp3) is 0.529. The topological polar surface area (TPSA) is 43.9 Å². The number of benzene rings is 1. The van der Waals surface area contributed by atoms with E-state index in [1.54, 1.807) is 4.90 Å². The molecule has 3 amide bonds. The van der Waals surface area contributed by atoms with E-state index < -0.39 is 5.54 Å². The van der Waals surface area contributed by atoms with Crippen LogP contribution in [0, 0.1) is 0 Å². The van der Waals surface area contributed by atoms with Gasteiger partial charge in [-0.3, -0.25) is 9.69 Å². The van der Waals surface area contributed by atoms with Crippen molar-refractivity contribution in [1.82, 2.24) is 9.80 Å². The Morgan fingerprint density at radius 3 is 2.61 bits per heavy atom. The van der Waals surface area contributed by atoms with E-state index in [4.69, 9.17) is 11.6 Å². The predicted molar refractivity (Wildman–Crippen MR) is 88.7 cm³/mol. The summed E-state index contributed by atoms with van der Waals surface area (Å²) in [5.74, 6) is -0.0112. The van der Waals surface area contributed by atoms with Crippen LogP contribution in [0.3, 0.4) is 0 Å². The van der Waals surface area contributed by atoms with Crippen molar-refractivity contribution in [3.63, 3.8) is 0 Å². The van der Waals surface area contributed by atoms with Crippen LogP contribution < -0.4 is 4.90 Å². The van der Waals surface area contributed by atoms with Gasteiger partial charge in [-0.15, -0.1) is 0 Å². The first-order valence-electron chi connectivity index (χ1n) is 8.16. The van der Waals surface area contributed by atoms with Crippen LogP contribution in [-0.4, -0.2) is 53.0 Å². The van der Waals surface area contributed by atoms with Gasteiger partial charge in [-0.25, -0.2) is 4.79 Å². The number of hydrogen-bond acceptors (Lipinski definition) is 3. The van der Waals surface area contributed by atoms with E-state index in [1.807, 2.05) is 31.2 Å². The number of halogens is 1. The van der Waals surface area contributed by atoms with Crippen LogP contribution in [-0.2, 0) is 4.79 Å². The summed E-state index contributed by atoms with van der Waals surface area (Å²) in [6, 6.07) is 7.57. The summed E-state index contributed by atoms with van der Waals surface area (Å²) in [7, 11) is 0. The zero-order chi connectivity index (χ0) is 16.2. The number of fused-ring (bicyclic) bond motifs is 1. The molecule has 0 unspecified atom stereocenters. The number of imide groups is 1. The maximum absolute atomic E-state index is 12.8. The molecule has 3 aliphatic heterocycles. The number of rotatable bonds is 2. The second-order valence-electron chi connectivity index (χ2n) is 6.85. The molecule has 1 aromatic rings. The Bertz CT molecular complexity index is 662. The average molecular weight is 334 g/mol. The Morgan fingerprint density at radius 2 is 1.91 bits per heavy atom. The molecule has 5 nitrogen and oxygen atoms in total. The van der Waals surface area contributed by atoms with Gasteiger partial charge in [0.15, 0.2) is 0 Å². The van der Waals surface area contributed by atoms with Crippen molar-refractivity contribution in [3.8, 4) is 0 Å². The average Bonchev–Trinajstić information content (AvgIpc) is 3.19. The third kappa shape index (κ3) is 2.13. The molecule has 4 rings (SSSR count). The van der Waals surface area contributed by atoms with E-state index in [-0.39, 0.29) is 18.0 Å². The molecule has 0 aromatic heterocycles. The molecule has 0 bridgehead atoms. The second-order valence-corrected chi connectivity index (χ2v) is 7.29. The highest BCUT2D eigenvalue weighted by molar-refractivity contribution is 6.30. The van der Waals surface area contributed by atoms with Crippen molar-refractivity contribution < 1.29 is 9.59 Å². The highest BCUT2D eigenvalue weighted by atomic mass is 35.5. The van der Waals surface area contributed by atoms with Gasteiger partial charge in [0, 0.05) is 30.3 Å². The number of hydrogen-bond donors (Lipinski definition) is 0. The fourth-order valence-electron chi connectivity index (χ4n) is 4.13. The monoisotopic (exact) mass is 333 g/mol. The van der Waals surface area contributed by atoms with E-state index in [1.165, 1.54) is 4.90 Å². The van der Waals surface area contributed by atoms with Gasteiger partial charge in [-0.1, -0.05) is 11.6 Å². The lowest BCUT2D eigenvalue weighted by Crippen LogP contribution is -2.45. The largest absolute Gasteiger partial charge is 0.369 e. The quantitative estimate of drug-likeness (QED) is 0.782. The first kappa shape index (κ1) is 14.8. The predicted octanol–water partition coefficient (Wildman–Crippen LogP) is 2.74. The first-order valence-corrected chi connectivity index (χ1v) is 8.54. The van der Waals surface area contributed by atoms with Crippen LogP contribution in [0.4, 0.5) is 10.5 Å². The summed E-state index contributed by atoms with van der Waals surface area (Å²) in [5.41, 5.74) is 0.479. The number of carbonyl (C=O) groups is 2. The molecule has 1 aromatic carbocycles. The summed E-state index contributed by atoms with van der Waals surface area (Å²) in [6.07, 6.45) is 2.52. The lowest BCUT2D eigenvalue weighted by atomic mass is 9.99. The summed E-state index contributed by atoms with van der Waals surface area (Å²) in [6.45, 7) is 4.15. The van der Waals surface area contributed by atoms with Gasteiger partial charge in [0.1, 0.15) is 5.54 Å². The van der Waals surface area contributed by atoms with Crippen LogP contribution in [0.1, 0.15) is 26.2 Å². The molecule has 0 aliphatic carbocycles. The second kappa shape index (κ2) is 5.13. The first-order chi connectivity index (χ1) is 11.0. The van der Waals surface area contributed by atoms with Crippen molar-refractivity contribution in [2.45, 2.75) is 37.8 Å². The minimum atomic E-state index is -0.606. The van der Waals surface area contributed by atoms with Gasteiger partial charge >= 0.3 is 6.03 Å². The van der Waals surface area contributed by atoms with E-state index in [0.717, 1.165) is 31.5 Å². The maximum Gasteiger partial charge on any atom is 0.327 e. The molecule has 0 N–H and O–H groups in total. The molecule has 0 spiro atoms. The smallest absolute Gasteiger partial charge is 0.327 e. The van der Waals surface area contributed by atoms with Crippen LogP contribution in [0.5, 0.6) is 0 Å². The van der Waals surface area contributed by atoms with Gasteiger partial charge < -0.3 is 9.80 Å². The van der Waals surface area contributed by atoms with Crippen molar-refractivity contribution in [2.75, 3.05) is 24.5 Å². The summed E-state index contributed by atoms with van der Waals surface area (Å²) >= 11 is 5.94. The van der Waals surface area contributed by atoms with E-state index in [0.29, 0.717) is 18.1 Å². The maximum atomic E-state index is 12.8. The Balaban J connectivity index is 1.53. The molecule has 3 aliphatic rings. The standard InChI is InChI=1S/C17H20ClN3O2/c1-17-8-2-9-20(17)16(23)21(15(17)22)14-7-10-19(11-14)13-5-3-12(18)4-6-13/h3-6,14H,2,7-11H2,1H3/t14-,17+/m0/s1. The van der Waals surface area contributed by atoms with Crippen LogP contribution in [0.2, 0.25) is 5.02 Å². The highest BCUT2D eigenvalue weighted by Gasteiger charge is 2.58. The summed E-state index contributed by atoms with van der Waals surface area (Å²) < 4.78 is 0. The van der Waals surface area contributed by atoms with Gasteiger partial charge in [0.25, 0.3) is 5.91 Å². The Morgan fingerprint density at radius 1 is 1.17 bits per heavy atom. The molecular weight excluding hydrogens is 314 g/mol. The van der Waals surface area contributed by atoms with E-state index in [2.05, 4.69) is 4.90 Å². The number of nitrogens with zero attached hydrogens (tertiary/aromatic N) is 3. The van der Waals surface area contributed by atoms with Crippen molar-refractivity contribution in [1.29, 1.82) is 0 Å². The molecule has 0 radical (unpaired) electrons. The third-order valence-corrected chi connectivity index (χ3v) is 5.73. The number of amides is 3. The number of anilines is 1. The molecule has 0 saturated carbocycles. The minimum absolute atomic E-state index is 0.0112. The number of urea groups is 1. The zero-order valence-electron chi connectivity index (χ0n) is 13.2. The normalized spacial score (nSPS) is 30.5. The Kier molecular flexibility index (Phi) is 3.30. The third-order valence-electron chi connectivity index (χ3n) is 5.48. The lowest BCUT2D eigenvalue weighted by molar-refractivity contribution is -0.133. The van der Waals surface area contributed by atoms with Gasteiger partial charge in [-0.2, -0.15) is 0 Å². The molecular formula is C17H20ClN3O2. The fourth-order valence-corrected chi connectivity index (χ4v) is 4.26. The molecule has 2 atom stereocenters. The van der Waals surface area contributed by atoms with Gasteiger partial charge in [0.05, 0.1) is 6.04 Å². The lowest BCUT2D eigenvalue weighted by Gasteiger charge is -2.24. The molecule has 3 heterocycles. The molecule has 3 fully saturated rings. The molecule has 23 heavy (non-hydrogen) atoms.